The number of aryl methyl sites for hydroxylation is 1. The van der Waals surface area contributed by atoms with Gasteiger partial charge in [0.1, 0.15) is 23.1 Å². The Hall–Kier alpha value is -4.32. The molecule has 9 nitrogen and oxygen atoms in total. The number of likely N-dealkylation sites (N-methyl/N-ethyl adjacent to an activating group) is 2. The van der Waals surface area contributed by atoms with Gasteiger partial charge < -0.3 is 19.9 Å². The lowest BCUT2D eigenvalue weighted by atomic mass is 9.99. The van der Waals surface area contributed by atoms with Crippen LogP contribution in [0.4, 0.5) is 30.6 Å². The second kappa shape index (κ2) is 11.8. The van der Waals surface area contributed by atoms with Gasteiger partial charge in [-0.2, -0.15) is 13.2 Å². The van der Waals surface area contributed by atoms with Gasteiger partial charge in [-0.05, 0) is 56.4 Å². The Balaban J connectivity index is 1.59. The fourth-order valence-corrected chi connectivity index (χ4v) is 4.00. The van der Waals surface area contributed by atoms with Gasteiger partial charge in [0.15, 0.2) is 11.6 Å². The maximum Gasteiger partial charge on any atom is 0.419 e. The number of ketones is 1. The van der Waals surface area contributed by atoms with E-state index in [2.05, 4.69) is 30.2 Å². The molecule has 0 aliphatic carbocycles. The molecule has 0 saturated heterocycles. The van der Waals surface area contributed by atoms with Crippen molar-refractivity contribution in [2.24, 2.45) is 0 Å². The van der Waals surface area contributed by atoms with E-state index in [9.17, 15) is 18.0 Å². The number of hydrogen-bond donors (Lipinski definition) is 1. The molecule has 2 aromatic carbocycles. The summed E-state index contributed by atoms with van der Waals surface area (Å²) in [6, 6.07) is 8.70. The first kappa shape index (κ1) is 28.7. The van der Waals surface area contributed by atoms with E-state index in [-0.39, 0.29) is 17.7 Å². The Kier molecular flexibility index (Phi) is 8.48. The molecule has 0 radical (unpaired) electrons. The van der Waals surface area contributed by atoms with Crippen molar-refractivity contribution in [1.82, 2.24) is 24.8 Å². The van der Waals surface area contributed by atoms with Gasteiger partial charge in [0, 0.05) is 37.8 Å². The first-order valence-corrected chi connectivity index (χ1v) is 12.4. The Labute approximate surface area is 230 Å². The lowest BCUT2D eigenvalue weighted by molar-refractivity contribution is -0.138. The minimum atomic E-state index is -4.65. The molecule has 210 valence electrons. The number of rotatable bonds is 10. The van der Waals surface area contributed by atoms with Crippen LogP contribution < -0.4 is 15.0 Å². The second-order valence-corrected chi connectivity index (χ2v) is 9.64. The summed E-state index contributed by atoms with van der Waals surface area (Å²) in [7, 11) is 7.05. The highest BCUT2D eigenvalue weighted by Gasteiger charge is 2.35. The molecule has 0 atom stereocenters. The number of ether oxygens (including phenoxy) is 1. The second-order valence-electron chi connectivity index (χ2n) is 9.64. The van der Waals surface area contributed by atoms with Crippen LogP contribution in [0.1, 0.15) is 27.0 Å². The number of carbonyl (C=O) groups excluding carboxylic acids is 1. The van der Waals surface area contributed by atoms with Crippen LogP contribution in [0.3, 0.4) is 0 Å². The summed E-state index contributed by atoms with van der Waals surface area (Å²) in [5, 5.41) is 3.28. The molecule has 0 fully saturated rings. The van der Waals surface area contributed by atoms with Crippen LogP contribution in [0.25, 0.3) is 11.0 Å². The lowest BCUT2D eigenvalue weighted by Gasteiger charge is -2.20. The zero-order chi connectivity index (χ0) is 29.0. The highest BCUT2D eigenvalue weighted by Crippen LogP contribution is 2.37. The van der Waals surface area contributed by atoms with Gasteiger partial charge in [0.2, 0.25) is 5.95 Å². The van der Waals surface area contributed by atoms with Crippen LogP contribution in [0.15, 0.2) is 48.9 Å². The number of Topliss-reactive ketones (excluding diaryl/α,β-unsaturated/α-hetero) is 1. The summed E-state index contributed by atoms with van der Waals surface area (Å²) in [4.78, 5) is 34.7. The third kappa shape index (κ3) is 6.63. The SMILES string of the molecule is COc1ccc(C(=O)Cc2ccc(C)c(Nc3ncnc4cnc(N(C)CCN(C)C)nc34)c2)cc1C(F)(F)F. The summed E-state index contributed by atoms with van der Waals surface area (Å²) in [5.74, 6) is 0.208. The molecule has 0 saturated carbocycles. The highest BCUT2D eigenvalue weighted by atomic mass is 19.4. The number of carbonyl (C=O) groups is 1. The molecule has 0 aliphatic rings. The fraction of sp³-hybridized carbons (Fsp3) is 0.321. The van der Waals surface area contributed by atoms with Gasteiger partial charge in [0.05, 0.1) is 18.9 Å². The molecule has 4 rings (SSSR count). The van der Waals surface area contributed by atoms with E-state index in [0.717, 1.165) is 37.9 Å². The van der Waals surface area contributed by atoms with E-state index in [1.54, 1.807) is 18.3 Å². The zero-order valence-electron chi connectivity index (χ0n) is 22.9. The number of halogens is 3. The predicted octanol–water partition coefficient (Wildman–Crippen LogP) is 4.92. The van der Waals surface area contributed by atoms with Gasteiger partial charge >= 0.3 is 6.18 Å². The van der Waals surface area contributed by atoms with Gasteiger partial charge in [-0.15, -0.1) is 0 Å². The molecule has 4 aromatic rings. The normalized spacial score (nSPS) is 11.6. The number of methoxy groups -OCH3 is 1. The molecule has 1 N–H and O–H groups in total. The predicted molar refractivity (Wildman–Crippen MR) is 147 cm³/mol. The van der Waals surface area contributed by atoms with Crippen LogP contribution in [0.2, 0.25) is 0 Å². The molecule has 0 amide bonds. The Morgan fingerprint density at radius 1 is 1.02 bits per heavy atom. The quantitative estimate of drug-likeness (QED) is 0.275. The van der Waals surface area contributed by atoms with Crippen molar-refractivity contribution in [3.63, 3.8) is 0 Å². The Morgan fingerprint density at radius 2 is 1.80 bits per heavy atom. The fourth-order valence-electron chi connectivity index (χ4n) is 4.00. The highest BCUT2D eigenvalue weighted by molar-refractivity contribution is 5.98. The third-order valence-electron chi connectivity index (χ3n) is 6.34. The summed E-state index contributed by atoms with van der Waals surface area (Å²) in [5.41, 5.74) is 2.24. The number of benzene rings is 2. The van der Waals surface area contributed by atoms with E-state index >= 15 is 0 Å². The van der Waals surface area contributed by atoms with Crippen LogP contribution in [0.5, 0.6) is 5.75 Å². The summed E-state index contributed by atoms with van der Waals surface area (Å²) >= 11 is 0. The Bertz CT molecular complexity index is 1530. The van der Waals surface area contributed by atoms with E-state index < -0.39 is 17.5 Å². The van der Waals surface area contributed by atoms with Crippen molar-refractivity contribution in [3.05, 3.63) is 71.2 Å². The molecular weight excluding hydrogens is 523 g/mol. The van der Waals surface area contributed by atoms with Crippen molar-refractivity contribution in [2.75, 3.05) is 51.6 Å². The molecule has 0 unspecified atom stereocenters. The number of aromatic nitrogens is 4. The lowest BCUT2D eigenvalue weighted by Crippen LogP contribution is -2.29. The van der Waals surface area contributed by atoms with Crippen LogP contribution in [-0.4, -0.2) is 72.0 Å². The van der Waals surface area contributed by atoms with E-state index in [1.165, 1.54) is 12.4 Å². The van der Waals surface area contributed by atoms with Crippen LogP contribution >= 0.6 is 0 Å². The van der Waals surface area contributed by atoms with E-state index in [1.807, 2.05) is 39.0 Å². The van der Waals surface area contributed by atoms with Gasteiger partial charge in [-0.3, -0.25) is 4.79 Å². The zero-order valence-corrected chi connectivity index (χ0v) is 22.9. The number of hydrogen-bond acceptors (Lipinski definition) is 9. The Morgan fingerprint density at radius 3 is 2.50 bits per heavy atom. The first-order valence-electron chi connectivity index (χ1n) is 12.4. The maximum absolute atomic E-state index is 13.4. The van der Waals surface area contributed by atoms with Crippen molar-refractivity contribution >= 4 is 34.3 Å². The minimum absolute atomic E-state index is 0.0485. The van der Waals surface area contributed by atoms with Crippen molar-refractivity contribution in [1.29, 1.82) is 0 Å². The molecule has 0 spiro atoms. The van der Waals surface area contributed by atoms with Crippen molar-refractivity contribution in [3.8, 4) is 5.75 Å². The van der Waals surface area contributed by atoms with E-state index in [4.69, 9.17) is 4.74 Å². The molecular formula is C28H30F3N7O2. The molecule has 2 heterocycles. The summed E-state index contributed by atoms with van der Waals surface area (Å²) < 4.78 is 45.1. The topological polar surface area (TPSA) is 96.4 Å². The molecule has 40 heavy (non-hydrogen) atoms. The smallest absolute Gasteiger partial charge is 0.419 e. The van der Waals surface area contributed by atoms with E-state index in [0.29, 0.717) is 34.1 Å². The third-order valence-corrected chi connectivity index (χ3v) is 6.34. The number of anilines is 3. The molecule has 12 heteroatoms. The summed E-state index contributed by atoms with van der Waals surface area (Å²) in [6.07, 6.45) is -1.68. The summed E-state index contributed by atoms with van der Waals surface area (Å²) in [6.45, 7) is 3.45. The molecule has 0 aliphatic heterocycles. The molecule has 0 bridgehead atoms. The van der Waals surface area contributed by atoms with Crippen molar-refractivity contribution in [2.45, 2.75) is 19.5 Å². The average molecular weight is 554 g/mol. The number of alkyl halides is 3. The number of nitrogens with one attached hydrogen (secondary N) is 1. The monoisotopic (exact) mass is 553 g/mol. The largest absolute Gasteiger partial charge is 0.496 e. The van der Waals surface area contributed by atoms with Crippen LogP contribution in [-0.2, 0) is 12.6 Å². The van der Waals surface area contributed by atoms with Crippen LogP contribution in [0, 0.1) is 6.92 Å². The first-order chi connectivity index (χ1) is 19.0. The van der Waals surface area contributed by atoms with Crippen molar-refractivity contribution < 1.29 is 22.7 Å². The minimum Gasteiger partial charge on any atom is -0.496 e. The standard InChI is InChI=1S/C28H30F3N7O2/c1-17-6-7-18(13-23(39)19-8-9-24(40-5)20(14-19)28(29,30)31)12-21(17)35-26-25-22(33-16-34-26)15-32-27(36-25)38(4)11-10-37(2)3/h6-9,12,14-16H,10-11,13H2,1-5H3,(H,33,34,35). The number of nitrogens with zero attached hydrogens (tertiary/aromatic N) is 6. The van der Waals surface area contributed by atoms with Gasteiger partial charge in [-0.1, -0.05) is 12.1 Å². The number of fused-ring (bicyclic) bond motifs is 1. The average Bonchev–Trinajstić information content (AvgIpc) is 2.92. The molecule has 2 aromatic heterocycles. The maximum atomic E-state index is 13.4. The van der Waals surface area contributed by atoms with Gasteiger partial charge in [-0.25, -0.2) is 19.9 Å². The van der Waals surface area contributed by atoms with Gasteiger partial charge in [0.25, 0.3) is 0 Å².